The van der Waals surface area contributed by atoms with Crippen LogP contribution in [0.15, 0.2) is 34.9 Å². The highest BCUT2D eigenvalue weighted by atomic mass is 16.5. The number of ether oxygens (including phenoxy) is 2. The Labute approximate surface area is 175 Å². The molecule has 3 heterocycles. The monoisotopic (exact) mass is 413 g/mol. The number of hydrogen-bond donors (Lipinski definition) is 0. The Balaban J connectivity index is 1.52. The van der Waals surface area contributed by atoms with Crippen LogP contribution in [0.2, 0.25) is 0 Å². The number of carbonyl (C=O) groups is 2. The van der Waals surface area contributed by atoms with Gasteiger partial charge in [0, 0.05) is 25.1 Å². The van der Waals surface area contributed by atoms with Crippen LogP contribution in [0, 0.1) is 13.8 Å². The van der Waals surface area contributed by atoms with Crippen LogP contribution in [0.1, 0.15) is 23.4 Å². The van der Waals surface area contributed by atoms with Crippen LogP contribution in [0.5, 0.6) is 5.75 Å². The SMILES string of the molecule is Cc1noc(C)c1CC(=O)N1C[C@@H](Oc2ccccc2)C[C@@H]1C(=O)N1CCOCC1. The summed E-state index contributed by atoms with van der Waals surface area (Å²) in [6.45, 7) is 6.13. The molecule has 8 heteroatoms. The van der Waals surface area contributed by atoms with Crippen LogP contribution >= 0.6 is 0 Å². The van der Waals surface area contributed by atoms with E-state index in [0.717, 1.165) is 11.3 Å². The summed E-state index contributed by atoms with van der Waals surface area (Å²) in [6.07, 6.45) is 0.390. The summed E-state index contributed by atoms with van der Waals surface area (Å²) < 4.78 is 16.6. The Kier molecular flexibility index (Phi) is 6.03. The lowest BCUT2D eigenvalue weighted by Crippen LogP contribution is -2.51. The molecular weight excluding hydrogens is 386 g/mol. The van der Waals surface area contributed by atoms with E-state index >= 15 is 0 Å². The highest BCUT2D eigenvalue weighted by Gasteiger charge is 2.42. The molecule has 30 heavy (non-hydrogen) atoms. The van der Waals surface area contributed by atoms with Crippen molar-refractivity contribution in [1.82, 2.24) is 15.0 Å². The summed E-state index contributed by atoms with van der Waals surface area (Å²) in [5.74, 6) is 1.22. The maximum Gasteiger partial charge on any atom is 0.245 e. The molecule has 0 bridgehead atoms. The van der Waals surface area contributed by atoms with Gasteiger partial charge in [-0.25, -0.2) is 0 Å². The van der Waals surface area contributed by atoms with E-state index in [1.807, 2.05) is 37.3 Å². The van der Waals surface area contributed by atoms with Gasteiger partial charge in [0.1, 0.15) is 23.7 Å². The van der Waals surface area contributed by atoms with E-state index in [1.165, 1.54) is 0 Å². The number of amides is 2. The van der Waals surface area contributed by atoms with Crippen molar-refractivity contribution >= 4 is 11.8 Å². The Bertz CT molecular complexity index is 872. The second kappa shape index (κ2) is 8.87. The van der Waals surface area contributed by atoms with Crippen LogP contribution in [-0.4, -0.2) is 71.8 Å². The smallest absolute Gasteiger partial charge is 0.245 e. The standard InChI is InChI=1S/C22H27N3O5/c1-15-19(16(2)30-23-15)13-21(26)25-14-18(29-17-6-4-3-5-7-17)12-20(25)22(27)24-8-10-28-11-9-24/h3-7,18,20H,8-14H2,1-2H3/t18-,20+/m0/s1. The first-order valence-corrected chi connectivity index (χ1v) is 10.3. The summed E-state index contributed by atoms with van der Waals surface area (Å²) in [6, 6.07) is 8.96. The normalized spacial score (nSPS) is 21.7. The summed E-state index contributed by atoms with van der Waals surface area (Å²) in [5.41, 5.74) is 1.48. The van der Waals surface area contributed by atoms with Crippen molar-refractivity contribution in [1.29, 1.82) is 0 Å². The van der Waals surface area contributed by atoms with Gasteiger partial charge < -0.3 is 23.8 Å². The third-order valence-corrected chi connectivity index (χ3v) is 5.75. The third kappa shape index (κ3) is 4.33. The Morgan fingerprint density at radius 1 is 1.17 bits per heavy atom. The lowest BCUT2D eigenvalue weighted by molar-refractivity contribution is -0.146. The highest BCUT2D eigenvalue weighted by Crippen LogP contribution is 2.26. The van der Waals surface area contributed by atoms with E-state index in [2.05, 4.69) is 5.16 Å². The first-order valence-electron chi connectivity index (χ1n) is 10.3. The molecule has 1 aromatic carbocycles. The highest BCUT2D eigenvalue weighted by molar-refractivity contribution is 5.89. The second-order valence-corrected chi connectivity index (χ2v) is 7.77. The molecule has 2 aliphatic heterocycles. The molecule has 0 N–H and O–H groups in total. The number of nitrogens with zero attached hydrogens (tertiary/aromatic N) is 3. The summed E-state index contributed by atoms with van der Waals surface area (Å²) in [7, 11) is 0. The first-order chi connectivity index (χ1) is 14.5. The van der Waals surface area contributed by atoms with Gasteiger partial charge in [0.25, 0.3) is 0 Å². The van der Waals surface area contributed by atoms with E-state index < -0.39 is 6.04 Å². The molecule has 0 saturated carbocycles. The molecule has 160 valence electrons. The van der Waals surface area contributed by atoms with Crippen molar-refractivity contribution in [2.24, 2.45) is 0 Å². The van der Waals surface area contributed by atoms with Crippen LogP contribution in [-0.2, 0) is 20.7 Å². The predicted molar refractivity (Wildman–Crippen MR) is 108 cm³/mol. The Morgan fingerprint density at radius 2 is 1.90 bits per heavy atom. The molecule has 2 aliphatic rings. The van der Waals surface area contributed by atoms with Gasteiger partial charge in [-0.3, -0.25) is 9.59 Å². The van der Waals surface area contributed by atoms with E-state index in [9.17, 15) is 9.59 Å². The molecule has 2 aromatic rings. The van der Waals surface area contributed by atoms with Gasteiger partial charge in [-0.1, -0.05) is 23.4 Å². The minimum absolute atomic E-state index is 0.0374. The second-order valence-electron chi connectivity index (χ2n) is 7.77. The molecule has 0 unspecified atom stereocenters. The average molecular weight is 413 g/mol. The Morgan fingerprint density at radius 3 is 2.57 bits per heavy atom. The summed E-state index contributed by atoms with van der Waals surface area (Å²) >= 11 is 0. The van der Waals surface area contributed by atoms with Gasteiger partial charge in [0.15, 0.2) is 0 Å². The van der Waals surface area contributed by atoms with Crippen molar-refractivity contribution in [3.8, 4) is 5.75 Å². The summed E-state index contributed by atoms with van der Waals surface area (Å²) in [5, 5.41) is 3.93. The number of aromatic nitrogens is 1. The predicted octanol–water partition coefficient (Wildman–Crippen LogP) is 1.74. The van der Waals surface area contributed by atoms with Crippen LogP contribution < -0.4 is 4.74 Å². The molecule has 0 aliphatic carbocycles. The number of para-hydroxylation sites is 1. The first kappa shape index (κ1) is 20.4. The van der Waals surface area contributed by atoms with Crippen molar-refractivity contribution in [2.45, 2.75) is 38.8 Å². The van der Waals surface area contributed by atoms with Crippen LogP contribution in [0.4, 0.5) is 0 Å². The zero-order valence-corrected chi connectivity index (χ0v) is 17.4. The van der Waals surface area contributed by atoms with Crippen molar-refractivity contribution in [3.63, 3.8) is 0 Å². The lowest BCUT2D eigenvalue weighted by Gasteiger charge is -2.32. The maximum atomic E-state index is 13.2. The lowest BCUT2D eigenvalue weighted by atomic mass is 10.1. The minimum atomic E-state index is -0.537. The molecular formula is C22H27N3O5. The third-order valence-electron chi connectivity index (χ3n) is 5.75. The van der Waals surface area contributed by atoms with Gasteiger partial charge >= 0.3 is 0 Å². The fourth-order valence-corrected chi connectivity index (χ4v) is 4.09. The van der Waals surface area contributed by atoms with E-state index in [0.29, 0.717) is 50.7 Å². The van der Waals surface area contributed by atoms with Gasteiger partial charge in [-0.05, 0) is 26.0 Å². The molecule has 4 rings (SSSR count). The number of likely N-dealkylation sites (tertiary alicyclic amines) is 1. The molecule has 2 atom stereocenters. The molecule has 1 aromatic heterocycles. The number of aryl methyl sites for hydroxylation is 2. The van der Waals surface area contributed by atoms with E-state index in [1.54, 1.807) is 16.7 Å². The number of morpholine rings is 1. The molecule has 2 saturated heterocycles. The molecule has 2 fully saturated rings. The van der Waals surface area contributed by atoms with E-state index in [-0.39, 0.29) is 24.3 Å². The average Bonchev–Trinajstić information content (AvgIpc) is 3.33. The fraction of sp³-hybridized carbons (Fsp3) is 0.500. The maximum absolute atomic E-state index is 13.2. The molecule has 0 radical (unpaired) electrons. The molecule has 2 amide bonds. The van der Waals surface area contributed by atoms with Gasteiger partial charge in [0.2, 0.25) is 11.8 Å². The zero-order chi connectivity index (χ0) is 21.1. The molecule has 0 spiro atoms. The quantitative estimate of drug-likeness (QED) is 0.742. The van der Waals surface area contributed by atoms with Crippen LogP contribution in [0.3, 0.4) is 0 Å². The number of rotatable bonds is 5. The number of benzene rings is 1. The minimum Gasteiger partial charge on any atom is -0.488 e. The zero-order valence-electron chi connectivity index (χ0n) is 17.4. The van der Waals surface area contributed by atoms with Gasteiger partial charge in [0.05, 0.1) is 31.9 Å². The fourth-order valence-electron chi connectivity index (χ4n) is 4.09. The van der Waals surface area contributed by atoms with Crippen molar-refractivity contribution in [2.75, 3.05) is 32.8 Å². The summed E-state index contributed by atoms with van der Waals surface area (Å²) in [4.78, 5) is 29.9. The molecule has 8 nitrogen and oxygen atoms in total. The van der Waals surface area contributed by atoms with Crippen molar-refractivity contribution in [3.05, 3.63) is 47.3 Å². The topological polar surface area (TPSA) is 85.1 Å². The van der Waals surface area contributed by atoms with Crippen LogP contribution in [0.25, 0.3) is 0 Å². The van der Waals surface area contributed by atoms with Gasteiger partial charge in [-0.15, -0.1) is 0 Å². The largest absolute Gasteiger partial charge is 0.488 e. The number of carbonyl (C=O) groups excluding carboxylic acids is 2. The van der Waals surface area contributed by atoms with E-state index in [4.69, 9.17) is 14.0 Å². The Hall–Kier alpha value is -2.87. The van der Waals surface area contributed by atoms with Crippen molar-refractivity contribution < 1.29 is 23.6 Å². The number of hydrogen-bond acceptors (Lipinski definition) is 6. The van der Waals surface area contributed by atoms with Gasteiger partial charge in [-0.2, -0.15) is 0 Å².